The minimum atomic E-state index is -0.847. The predicted octanol–water partition coefficient (Wildman–Crippen LogP) is 2.78. The molecule has 4 nitrogen and oxygen atoms in total. The summed E-state index contributed by atoms with van der Waals surface area (Å²) in [5.41, 5.74) is 1.66. The van der Waals surface area contributed by atoms with Crippen molar-refractivity contribution < 1.29 is 14.7 Å². The first-order valence-electron chi connectivity index (χ1n) is 6.06. The van der Waals surface area contributed by atoms with E-state index in [1.165, 1.54) is 0 Å². The first-order chi connectivity index (χ1) is 9.25. The Hall–Kier alpha value is -2.36. The van der Waals surface area contributed by atoms with Crippen LogP contribution in [0.15, 0.2) is 59.8 Å². The third kappa shape index (κ3) is 4.10. The molecule has 4 heteroatoms. The van der Waals surface area contributed by atoms with Crippen LogP contribution in [0.2, 0.25) is 0 Å². The van der Waals surface area contributed by atoms with Crippen LogP contribution < -0.4 is 0 Å². The van der Waals surface area contributed by atoms with Gasteiger partial charge in [-0.2, -0.15) is 0 Å². The number of carbonyl (C=O) groups is 1. The molecule has 1 aliphatic rings. The van der Waals surface area contributed by atoms with E-state index in [4.69, 9.17) is 9.94 Å². The molecule has 19 heavy (non-hydrogen) atoms. The Labute approximate surface area is 111 Å². The minimum absolute atomic E-state index is 0.0222. The fourth-order valence-electron chi connectivity index (χ4n) is 1.79. The summed E-state index contributed by atoms with van der Waals surface area (Å²) in [7, 11) is 0. The molecule has 0 fully saturated rings. The largest absolute Gasteiger partial charge is 0.481 e. The number of carboxylic acids is 1. The Morgan fingerprint density at radius 1 is 1.26 bits per heavy atom. The molecule has 0 spiro atoms. The number of rotatable bonds is 5. The molecule has 0 amide bonds. The molecule has 0 bridgehead atoms. The molecule has 0 saturated carbocycles. The van der Waals surface area contributed by atoms with Crippen LogP contribution in [0.5, 0.6) is 0 Å². The number of nitrogens with zero attached hydrogens (tertiary/aromatic N) is 1. The molecule has 1 unspecified atom stereocenters. The zero-order chi connectivity index (χ0) is 13.5. The van der Waals surface area contributed by atoms with Gasteiger partial charge in [0.1, 0.15) is 6.61 Å². The number of oxime groups is 1. The molecule has 1 atom stereocenters. The van der Waals surface area contributed by atoms with Crippen molar-refractivity contribution in [2.75, 3.05) is 0 Å². The van der Waals surface area contributed by atoms with Crippen LogP contribution >= 0.6 is 0 Å². The van der Waals surface area contributed by atoms with Gasteiger partial charge in [-0.25, -0.2) is 0 Å². The summed E-state index contributed by atoms with van der Waals surface area (Å²) in [4.78, 5) is 16.0. The lowest BCUT2D eigenvalue weighted by molar-refractivity contribution is -0.137. The number of hydrogen-bond donors (Lipinski definition) is 1. The van der Waals surface area contributed by atoms with Crippen molar-refractivity contribution in [2.24, 2.45) is 11.1 Å². The zero-order valence-electron chi connectivity index (χ0n) is 10.4. The topological polar surface area (TPSA) is 58.9 Å². The second-order valence-corrected chi connectivity index (χ2v) is 4.22. The molecule has 0 aromatic heterocycles. The van der Waals surface area contributed by atoms with Gasteiger partial charge in [-0.1, -0.05) is 53.7 Å². The normalized spacial score (nSPS) is 19.6. The summed E-state index contributed by atoms with van der Waals surface area (Å²) in [6.07, 6.45) is 7.26. The molecule has 0 heterocycles. The van der Waals surface area contributed by atoms with Crippen LogP contribution in [0.25, 0.3) is 0 Å². The van der Waals surface area contributed by atoms with E-state index < -0.39 is 5.97 Å². The first-order valence-corrected chi connectivity index (χ1v) is 6.06. The monoisotopic (exact) mass is 257 g/mol. The lowest BCUT2D eigenvalue weighted by atomic mass is 9.95. The van der Waals surface area contributed by atoms with E-state index in [9.17, 15) is 4.79 Å². The minimum Gasteiger partial charge on any atom is -0.481 e. The smallest absolute Gasteiger partial charge is 0.304 e. The number of aliphatic carboxylic acids is 1. The van der Waals surface area contributed by atoms with Crippen molar-refractivity contribution in [2.45, 2.75) is 13.0 Å². The third-order valence-corrected chi connectivity index (χ3v) is 2.74. The van der Waals surface area contributed by atoms with Crippen molar-refractivity contribution in [1.82, 2.24) is 0 Å². The maximum absolute atomic E-state index is 10.8. The van der Waals surface area contributed by atoms with Gasteiger partial charge in [0.2, 0.25) is 0 Å². The molecule has 0 aliphatic heterocycles. The lowest BCUT2D eigenvalue weighted by Crippen LogP contribution is -2.16. The number of benzene rings is 1. The summed E-state index contributed by atoms with van der Waals surface area (Å²) in [5, 5.41) is 12.9. The predicted molar refractivity (Wildman–Crippen MR) is 72.7 cm³/mol. The van der Waals surface area contributed by atoms with Gasteiger partial charge < -0.3 is 9.94 Å². The molecule has 2 rings (SSSR count). The maximum atomic E-state index is 10.8. The zero-order valence-corrected chi connectivity index (χ0v) is 10.4. The van der Waals surface area contributed by atoms with Crippen LogP contribution in [0.4, 0.5) is 0 Å². The number of hydrogen-bond acceptors (Lipinski definition) is 3. The van der Waals surface area contributed by atoms with Crippen LogP contribution in [-0.4, -0.2) is 16.8 Å². The summed E-state index contributed by atoms with van der Waals surface area (Å²) < 4.78 is 0. The van der Waals surface area contributed by atoms with E-state index >= 15 is 0 Å². The highest BCUT2D eigenvalue weighted by Crippen LogP contribution is 2.14. The third-order valence-electron chi connectivity index (χ3n) is 2.74. The second-order valence-electron chi connectivity index (χ2n) is 4.22. The summed E-state index contributed by atoms with van der Waals surface area (Å²) in [6, 6.07) is 9.70. The number of allylic oxidation sites excluding steroid dienone is 4. The first kappa shape index (κ1) is 13.1. The average molecular weight is 257 g/mol. The van der Waals surface area contributed by atoms with Gasteiger partial charge in [0.05, 0.1) is 12.1 Å². The maximum Gasteiger partial charge on any atom is 0.304 e. The van der Waals surface area contributed by atoms with Gasteiger partial charge >= 0.3 is 5.97 Å². The Morgan fingerprint density at radius 2 is 2.05 bits per heavy atom. The molecule has 1 aromatic carbocycles. The van der Waals surface area contributed by atoms with E-state index in [0.717, 1.165) is 5.56 Å². The SMILES string of the molecule is O=C(O)CC1C=CC=CC1=NOCc1ccccc1. The Balaban J connectivity index is 1.95. The van der Waals surface area contributed by atoms with Gasteiger partial charge in [0, 0.05) is 5.92 Å². The van der Waals surface area contributed by atoms with Crippen molar-refractivity contribution in [3.8, 4) is 0 Å². The molecule has 98 valence electrons. The van der Waals surface area contributed by atoms with Gasteiger partial charge in [-0.05, 0) is 11.6 Å². The Morgan fingerprint density at radius 3 is 2.79 bits per heavy atom. The highest BCUT2D eigenvalue weighted by atomic mass is 16.6. The molecular weight excluding hydrogens is 242 g/mol. The lowest BCUT2D eigenvalue weighted by Gasteiger charge is -2.12. The van der Waals surface area contributed by atoms with E-state index in [1.807, 2.05) is 48.6 Å². The molecule has 1 N–H and O–H groups in total. The molecule has 0 radical (unpaired) electrons. The molecule has 1 aromatic rings. The van der Waals surface area contributed by atoms with Crippen LogP contribution in [0.1, 0.15) is 12.0 Å². The van der Waals surface area contributed by atoms with E-state index in [-0.39, 0.29) is 12.3 Å². The fraction of sp³-hybridized carbons (Fsp3) is 0.200. The van der Waals surface area contributed by atoms with Gasteiger partial charge in [-0.15, -0.1) is 0 Å². The van der Waals surface area contributed by atoms with Crippen molar-refractivity contribution >= 4 is 11.7 Å². The Bertz CT molecular complexity index is 517. The second kappa shape index (κ2) is 6.54. The van der Waals surface area contributed by atoms with E-state index in [0.29, 0.717) is 12.3 Å². The van der Waals surface area contributed by atoms with Crippen molar-refractivity contribution in [3.63, 3.8) is 0 Å². The van der Waals surface area contributed by atoms with Crippen molar-refractivity contribution in [1.29, 1.82) is 0 Å². The summed E-state index contributed by atoms with van der Waals surface area (Å²) in [6.45, 7) is 0.377. The molecule has 1 aliphatic carbocycles. The quantitative estimate of drug-likeness (QED) is 0.825. The Kier molecular flexibility index (Phi) is 4.50. The van der Waals surface area contributed by atoms with Crippen molar-refractivity contribution in [3.05, 3.63) is 60.2 Å². The summed E-state index contributed by atoms with van der Waals surface area (Å²) in [5.74, 6) is -1.07. The van der Waals surface area contributed by atoms with Gasteiger partial charge in [-0.3, -0.25) is 4.79 Å². The van der Waals surface area contributed by atoms with Crippen LogP contribution in [0, 0.1) is 5.92 Å². The standard InChI is InChI=1S/C15H15NO3/c17-15(18)10-13-8-4-5-9-14(13)16-19-11-12-6-2-1-3-7-12/h1-9,13H,10-11H2,(H,17,18). The van der Waals surface area contributed by atoms with E-state index in [1.54, 1.807) is 6.08 Å². The van der Waals surface area contributed by atoms with Crippen LogP contribution in [-0.2, 0) is 16.2 Å². The van der Waals surface area contributed by atoms with E-state index in [2.05, 4.69) is 5.16 Å². The average Bonchev–Trinajstić information content (AvgIpc) is 2.41. The molecular formula is C15H15NO3. The highest BCUT2D eigenvalue weighted by Gasteiger charge is 2.17. The molecule has 0 saturated heterocycles. The number of carboxylic acid groups (broad SMARTS) is 1. The van der Waals surface area contributed by atoms with Crippen LogP contribution in [0.3, 0.4) is 0 Å². The fourth-order valence-corrected chi connectivity index (χ4v) is 1.79. The van der Waals surface area contributed by atoms with Gasteiger partial charge in [0.15, 0.2) is 0 Å². The summed E-state index contributed by atoms with van der Waals surface area (Å²) >= 11 is 0. The highest BCUT2D eigenvalue weighted by molar-refractivity contribution is 6.00. The van der Waals surface area contributed by atoms with Gasteiger partial charge in [0.25, 0.3) is 0 Å².